The van der Waals surface area contributed by atoms with Gasteiger partial charge in [0.05, 0.1) is 0 Å². The molecule has 0 saturated heterocycles. The van der Waals surface area contributed by atoms with Crippen LogP contribution < -0.4 is 0 Å². The Morgan fingerprint density at radius 3 is 1.50 bits per heavy atom. The van der Waals surface area contributed by atoms with Crippen molar-refractivity contribution in [3.05, 3.63) is 13.8 Å². The predicted octanol–water partition coefficient (Wildman–Crippen LogP) is 2.85. The minimum Gasteiger partial charge on any atom is -0.343 e. The van der Waals surface area contributed by atoms with Crippen molar-refractivity contribution in [3.8, 4) is 0 Å². The van der Waals surface area contributed by atoms with Crippen molar-refractivity contribution < 1.29 is 0 Å². The second-order valence-corrected chi connectivity index (χ2v) is 2.39. The summed E-state index contributed by atoms with van der Waals surface area (Å²) in [5.41, 5.74) is 0. The van der Waals surface area contributed by atoms with Gasteiger partial charge in [0.25, 0.3) is 0 Å². The Bertz CT molecular complexity index is 40.5. The SMILES string of the molecule is [CH2-]CCC(C)CC[CH2-].[Cm].[Cm]. The molecule has 0 nitrogen and oxygen atoms in total. The molecule has 0 unspecified atom stereocenters. The van der Waals surface area contributed by atoms with Gasteiger partial charge in [0, 0.05) is 0 Å². The first-order valence-corrected chi connectivity index (χ1v) is 3.39. The largest absolute Gasteiger partial charge is 0.343 e. The van der Waals surface area contributed by atoms with Gasteiger partial charge in [-0.25, -0.2) is 0 Å². The van der Waals surface area contributed by atoms with Crippen LogP contribution >= 0.6 is 0 Å². The topological polar surface area (TPSA) is 0 Å². The van der Waals surface area contributed by atoms with Crippen molar-refractivity contribution in [3.63, 3.8) is 0 Å². The maximum absolute atomic E-state index is 3.79. The molecule has 0 aliphatic rings. The van der Waals surface area contributed by atoms with E-state index in [2.05, 4.69) is 20.8 Å². The summed E-state index contributed by atoms with van der Waals surface area (Å²) in [6.07, 6.45) is 4.66. The second kappa shape index (κ2) is 10.1. The molecule has 0 aromatic heterocycles. The summed E-state index contributed by atoms with van der Waals surface area (Å²) < 4.78 is 0. The van der Waals surface area contributed by atoms with Crippen LogP contribution in [0.3, 0.4) is 0 Å². The van der Waals surface area contributed by atoms with Crippen LogP contribution in [0.25, 0.3) is 0 Å². The maximum atomic E-state index is 3.79. The van der Waals surface area contributed by atoms with E-state index in [4.69, 9.17) is 0 Å². The van der Waals surface area contributed by atoms with Crippen LogP contribution in [-0.2, 0) is 0 Å². The molecule has 0 aliphatic carbocycles. The van der Waals surface area contributed by atoms with E-state index in [1.165, 1.54) is 12.8 Å². The molecule has 0 fully saturated rings. The summed E-state index contributed by atoms with van der Waals surface area (Å²) in [5.74, 6) is 0.838. The molecule has 2 heteroatoms. The van der Waals surface area contributed by atoms with Gasteiger partial charge >= 0.3 is 0 Å². The monoisotopic (exact) mass is 598 g/mol. The molecule has 0 saturated carbocycles. The van der Waals surface area contributed by atoms with Crippen molar-refractivity contribution in [1.29, 1.82) is 0 Å². The zero-order valence-electron chi connectivity index (χ0n) is 6.53. The number of rotatable bonds is 4. The zero-order chi connectivity index (χ0) is 6.41. The van der Waals surface area contributed by atoms with Gasteiger partial charge in [-0.3, -0.25) is 0 Å². The normalized spacial score (nSPS) is 8.40. The van der Waals surface area contributed by atoms with Crippen molar-refractivity contribution in [2.24, 2.45) is 5.92 Å². The molecule has 0 aromatic rings. The fourth-order valence-electron chi connectivity index (χ4n) is 0.841. The summed E-state index contributed by atoms with van der Waals surface area (Å²) in [4.78, 5) is 0. The molecule has 0 aliphatic heterocycles. The predicted molar refractivity (Wildman–Crippen MR) is 38.3 cm³/mol. The van der Waals surface area contributed by atoms with Gasteiger partial charge in [-0.2, -0.15) is 12.8 Å². The van der Waals surface area contributed by atoms with Crippen LogP contribution in [0.5, 0.6) is 0 Å². The summed E-state index contributed by atoms with van der Waals surface area (Å²) in [5, 5.41) is 0. The first-order valence-electron chi connectivity index (χ1n) is 3.39. The third-order valence-electron chi connectivity index (χ3n) is 1.39. The standard InChI is InChI=1S/C8H16.2Cm/c1-4-6-8(3)7-5-2;;/h8H,1-2,4-7H2,3H3;;/q-2;;. The molecule has 0 amide bonds. The van der Waals surface area contributed by atoms with E-state index < -0.39 is 0 Å². The van der Waals surface area contributed by atoms with Crippen molar-refractivity contribution in [1.82, 2.24) is 0 Å². The number of hydrogen-bond acceptors (Lipinski definition) is 0. The van der Waals surface area contributed by atoms with Gasteiger partial charge in [0.15, 0.2) is 0 Å². The maximum Gasteiger partial charge on any atom is 0 e. The van der Waals surface area contributed by atoms with Gasteiger partial charge in [-0.15, -0.1) is 0 Å². The van der Waals surface area contributed by atoms with Gasteiger partial charge in [0.2, 0.25) is 0 Å². The summed E-state index contributed by atoms with van der Waals surface area (Å²) in [6, 6.07) is 0. The Kier molecular flexibility index (Phi) is 15.8. The Labute approximate surface area is 53.3 Å². The molecular weight excluding hydrogens is 590 g/mol. The van der Waals surface area contributed by atoms with E-state index in [0.717, 1.165) is 18.8 Å². The van der Waals surface area contributed by atoms with Gasteiger partial charge in [-0.1, -0.05) is 19.8 Å². The molecule has 0 radical (unpaired) electrons. The molecule has 0 bridgehead atoms. The Morgan fingerprint density at radius 1 is 1.00 bits per heavy atom. The van der Waals surface area contributed by atoms with Crippen LogP contribution in [0.4, 0.5) is 0 Å². The zero-order valence-corrected chi connectivity index (χ0v) is 12.4. The van der Waals surface area contributed by atoms with Crippen molar-refractivity contribution in [2.45, 2.75) is 32.6 Å². The van der Waals surface area contributed by atoms with Crippen molar-refractivity contribution in [2.75, 3.05) is 0 Å². The summed E-state index contributed by atoms with van der Waals surface area (Å²) >= 11 is 0. The molecule has 0 heterocycles. The molecule has 10 heavy (non-hydrogen) atoms. The molecule has 0 atom stereocenters. The number of hydrogen-bond donors (Lipinski definition) is 0. The quantitative estimate of drug-likeness (QED) is 0.433. The fourth-order valence-corrected chi connectivity index (χ4v) is 0.841. The minimum atomic E-state index is 0. The van der Waals surface area contributed by atoms with E-state index in [1.807, 2.05) is 0 Å². The van der Waals surface area contributed by atoms with Crippen LogP contribution in [0.15, 0.2) is 0 Å². The fraction of sp³-hybridized carbons (Fsp3) is 0.750. The van der Waals surface area contributed by atoms with Gasteiger partial charge in [-0.05, 0) is 5.92 Å². The summed E-state index contributed by atoms with van der Waals surface area (Å²) in [7, 11) is 0. The first kappa shape index (κ1) is 15.7. The van der Waals surface area contributed by atoms with E-state index in [-0.39, 0.29) is 0 Å². The molecule has 66 valence electrons. The Hall–Kier alpha value is -2.00. The smallest absolute Gasteiger partial charge is 0 e. The van der Waals surface area contributed by atoms with Gasteiger partial charge in [0.1, 0.15) is 0 Å². The van der Waals surface area contributed by atoms with Crippen LogP contribution in [-0.4, -0.2) is 0 Å². The second-order valence-electron chi connectivity index (χ2n) is 2.39. The van der Waals surface area contributed by atoms with Crippen LogP contribution in [0, 0.1) is 19.8 Å². The van der Waals surface area contributed by atoms with E-state index in [9.17, 15) is 0 Å². The Balaban J connectivity index is -0.000000245. The van der Waals surface area contributed by atoms with E-state index in [0.29, 0.717) is 0 Å². The average Bonchev–Trinajstić information content (AvgIpc) is 1.68. The molecular formula is C8H16Cm2-2. The van der Waals surface area contributed by atoms with Crippen molar-refractivity contribution >= 4 is 0 Å². The van der Waals surface area contributed by atoms with E-state index in [1.54, 1.807) is 0 Å². The first-order chi connectivity index (χ1) is 3.81. The minimum absolute atomic E-state index is 0. The molecule has 0 rings (SSSR count). The third-order valence-corrected chi connectivity index (χ3v) is 1.39. The Morgan fingerprint density at radius 2 is 1.30 bits per heavy atom. The van der Waals surface area contributed by atoms with Crippen LogP contribution in [0.1, 0.15) is 32.6 Å². The van der Waals surface area contributed by atoms with Crippen LogP contribution in [0.2, 0.25) is 0 Å². The average molecular weight is 606 g/mol. The van der Waals surface area contributed by atoms with Gasteiger partial charge < -0.3 is 13.8 Å². The van der Waals surface area contributed by atoms with E-state index >= 15 is 0 Å². The molecule has 0 aromatic carbocycles. The molecule has 0 N–H and O–H groups in total. The third kappa shape index (κ3) is 9.38. The molecule has 0 spiro atoms. The summed E-state index contributed by atoms with van der Waals surface area (Å²) in [6.45, 7) is 9.84.